The van der Waals surface area contributed by atoms with E-state index in [-0.39, 0.29) is 6.61 Å². The lowest BCUT2D eigenvalue weighted by atomic mass is 10.2. The number of carbonyl (C=O) groups is 1. The van der Waals surface area contributed by atoms with Crippen LogP contribution in [-0.2, 0) is 11.3 Å². The highest BCUT2D eigenvalue weighted by molar-refractivity contribution is 6.29. The standard InChI is InChI=1S/C13H11ClN2O2/c14-12-7-6-11(8-15-12)16-13(17)18-9-10-4-2-1-3-5-10/h1-8H,9H2,(H,16,17). The van der Waals surface area contributed by atoms with Crippen LogP contribution in [0.15, 0.2) is 48.7 Å². The van der Waals surface area contributed by atoms with Gasteiger partial charge in [0.25, 0.3) is 0 Å². The fourth-order valence-electron chi connectivity index (χ4n) is 1.33. The van der Waals surface area contributed by atoms with Gasteiger partial charge in [0.2, 0.25) is 0 Å². The van der Waals surface area contributed by atoms with E-state index in [1.54, 1.807) is 12.1 Å². The van der Waals surface area contributed by atoms with Gasteiger partial charge in [-0.05, 0) is 17.7 Å². The summed E-state index contributed by atoms with van der Waals surface area (Å²) in [5.74, 6) is 0. The molecular weight excluding hydrogens is 252 g/mol. The van der Waals surface area contributed by atoms with Crippen LogP contribution in [0.3, 0.4) is 0 Å². The summed E-state index contributed by atoms with van der Waals surface area (Å²) in [5.41, 5.74) is 1.47. The Morgan fingerprint density at radius 2 is 2.00 bits per heavy atom. The molecule has 0 saturated heterocycles. The van der Waals surface area contributed by atoms with Gasteiger partial charge in [0.1, 0.15) is 11.8 Å². The van der Waals surface area contributed by atoms with Crippen molar-refractivity contribution < 1.29 is 9.53 Å². The molecule has 2 aromatic rings. The van der Waals surface area contributed by atoms with E-state index in [2.05, 4.69) is 10.3 Å². The first-order chi connectivity index (χ1) is 8.74. The highest BCUT2D eigenvalue weighted by Crippen LogP contribution is 2.10. The van der Waals surface area contributed by atoms with Gasteiger partial charge in [-0.15, -0.1) is 0 Å². The SMILES string of the molecule is O=C(Nc1ccc(Cl)nc1)OCc1ccccc1. The van der Waals surface area contributed by atoms with Gasteiger partial charge in [0.15, 0.2) is 0 Å². The van der Waals surface area contributed by atoms with E-state index in [4.69, 9.17) is 16.3 Å². The summed E-state index contributed by atoms with van der Waals surface area (Å²) >= 11 is 5.63. The molecule has 5 heteroatoms. The number of halogens is 1. The summed E-state index contributed by atoms with van der Waals surface area (Å²) in [6.07, 6.45) is 0.939. The minimum atomic E-state index is -0.525. The lowest BCUT2D eigenvalue weighted by Crippen LogP contribution is -2.13. The molecule has 0 bridgehead atoms. The summed E-state index contributed by atoms with van der Waals surface area (Å²) in [6, 6.07) is 12.7. The first-order valence-corrected chi connectivity index (χ1v) is 5.71. The normalized spacial score (nSPS) is 9.83. The van der Waals surface area contributed by atoms with Crippen LogP contribution in [0.25, 0.3) is 0 Å². The van der Waals surface area contributed by atoms with Crippen molar-refractivity contribution in [1.29, 1.82) is 0 Å². The molecule has 1 N–H and O–H groups in total. The maximum Gasteiger partial charge on any atom is 0.412 e. The average Bonchev–Trinajstić information content (AvgIpc) is 2.40. The molecule has 0 aliphatic rings. The molecular formula is C13H11ClN2O2. The minimum absolute atomic E-state index is 0.230. The van der Waals surface area contributed by atoms with Crippen LogP contribution >= 0.6 is 11.6 Å². The molecule has 0 aliphatic heterocycles. The number of nitrogens with zero attached hydrogens (tertiary/aromatic N) is 1. The Bertz CT molecular complexity index is 514. The van der Waals surface area contributed by atoms with Crippen LogP contribution in [0.2, 0.25) is 5.15 Å². The van der Waals surface area contributed by atoms with E-state index >= 15 is 0 Å². The minimum Gasteiger partial charge on any atom is -0.444 e. The van der Waals surface area contributed by atoms with Gasteiger partial charge in [0, 0.05) is 0 Å². The summed E-state index contributed by atoms with van der Waals surface area (Å²) < 4.78 is 5.05. The highest BCUT2D eigenvalue weighted by Gasteiger charge is 2.03. The van der Waals surface area contributed by atoms with Gasteiger partial charge in [-0.2, -0.15) is 0 Å². The van der Waals surface area contributed by atoms with E-state index in [9.17, 15) is 4.79 Å². The van der Waals surface area contributed by atoms with Crippen LogP contribution in [0.5, 0.6) is 0 Å². The molecule has 1 heterocycles. The summed E-state index contributed by atoms with van der Waals surface area (Å²) in [4.78, 5) is 15.3. The summed E-state index contributed by atoms with van der Waals surface area (Å²) in [7, 11) is 0. The number of amides is 1. The fraction of sp³-hybridized carbons (Fsp3) is 0.0769. The largest absolute Gasteiger partial charge is 0.444 e. The molecule has 0 atom stereocenters. The topological polar surface area (TPSA) is 51.2 Å². The van der Waals surface area contributed by atoms with Crippen molar-refractivity contribution in [2.45, 2.75) is 6.61 Å². The van der Waals surface area contributed by atoms with E-state index in [0.717, 1.165) is 5.56 Å². The molecule has 92 valence electrons. The van der Waals surface area contributed by atoms with Gasteiger partial charge < -0.3 is 4.74 Å². The third kappa shape index (κ3) is 3.75. The Morgan fingerprint density at radius 1 is 1.22 bits per heavy atom. The number of aromatic nitrogens is 1. The van der Waals surface area contributed by atoms with E-state index in [1.807, 2.05) is 30.3 Å². The first kappa shape index (κ1) is 12.4. The molecule has 0 fully saturated rings. The number of rotatable bonds is 3. The second-order valence-electron chi connectivity index (χ2n) is 3.56. The van der Waals surface area contributed by atoms with Crippen LogP contribution in [0.1, 0.15) is 5.56 Å². The number of benzene rings is 1. The molecule has 1 amide bonds. The first-order valence-electron chi connectivity index (χ1n) is 5.33. The molecule has 0 saturated carbocycles. The number of ether oxygens (including phenoxy) is 1. The Labute approximate surface area is 110 Å². The van der Waals surface area contributed by atoms with Crippen molar-refractivity contribution in [2.24, 2.45) is 0 Å². The number of pyridine rings is 1. The second kappa shape index (κ2) is 6.02. The quantitative estimate of drug-likeness (QED) is 0.862. The van der Waals surface area contributed by atoms with Gasteiger partial charge in [-0.3, -0.25) is 5.32 Å². The predicted molar refractivity (Wildman–Crippen MR) is 69.5 cm³/mol. The van der Waals surface area contributed by atoms with Gasteiger partial charge in [-0.1, -0.05) is 41.9 Å². The smallest absolute Gasteiger partial charge is 0.412 e. The van der Waals surface area contributed by atoms with E-state index < -0.39 is 6.09 Å². The Morgan fingerprint density at radius 3 is 2.67 bits per heavy atom. The third-order valence-electron chi connectivity index (χ3n) is 2.19. The summed E-state index contributed by atoms with van der Waals surface area (Å²) in [5, 5.41) is 2.93. The Kier molecular flexibility index (Phi) is 4.15. The molecule has 18 heavy (non-hydrogen) atoms. The number of hydrogen-bond acceptors (Lipinski definition) is 3. The molecule has 0 unspecified atom stereocenters. The fourth-order valence-corrected chi connectivity index (χ4v) is 1.44. The number of nitrogens with one attached hydrogen (secondary N) is 1. The van der Waals surface area contributed by atoms with Crippen LogP contribution in [0.4, 0.5) is 10.5 Å². The Balaban J connectivity index is 1.84. The predicted octanol–water partition coefficient (Wildman–Crippen LogP) is 3.48. The molecule has 0 radical (unpaired) electrons. The van der Waals surface area contributed by atoms with Gasteiger partial charge >= 0.3 is 6.09 Å². The number of anilines is 1. The lowest BCUT2D eigenvalue weighted by Gasteiger charge is -2.06. The zero-order valence-electron chi connectivity index (χ0n) is 9.47. The molecule has 4 nitrogen and oxygen atoms in total. The second-order valence-corrected chi connectivity index (χ2v) is 3.94. The number of hydrogen-bond donors (Lipinski definition) is 1. The van der Waals surface area contributed by atoms with Crippen LogP contribution < -0.4 is 5.32 Å². The molecule has 0 aliphatic carbocycles. The molecule has 1 aromatic carbocycles. The average molecular weight is 263 g/mol. The maximum atomic E-state index is 11.5. The zero-order valence-corrected chi connectivity index (χ0v) is 10.2. The zero-order chi connectivity index (χ0) is 12.8. The third-order valence-corrected chi connectivity index (χ3v) is 2.41. The summed E-state index contributed by atoms with van der Waals surface area (Å²) in [6.45, 7) is 0.230. The van der Waals surface area contributed by atoms with Crippen LogP contribution in [-0.4, -0.2) is 11.1 Å². The molecule has 2 rings (SSSR count). The van der Waals surface area contributed by atoms with Gasteiger partial charge in [-0.25, -0.2) is 9.78 Å². The molecule has 0 spiro atoms. The van der Waals surface area contributed by atoms with Crippen molar-refractivity contribution in [3.05, 3.63) is 59.4 Å². The van der Waals surface area contributed by atoms with Crippen molar-refractivity contribution >= 4 is 23.4 Å². The van der Waals surface area contributed by atoms with E-state index in [1.165, 1.54) is 6.20 Å². The Hall–Kier alpha value is -2.07. The monoisotopic (exact) mass is 262 g/mol. The number of carbonyl (C=O) groups excluding carboxylic acids is 1. The maximum absolute atomic E-state index is 11.5. The van der Waals surface area contributed by atoms with Crippen molar-refractivity contribution in [3.8, 4) is 0 Å². The van der Waals surface area contributed by atoms with Crippen LogP contribution in [0, 0.1) is 0 Å². The van der Waals surface area contributed by atoms with E-state index in [0.29, 0.717) is 10.8 Å². The molecule has 1 aromatic heterocycles. The van der Waals surface area contributed by atoms with Gasteiger partial charge in [0.05, 0.1) is 11.9 Å². The highest BCUT2D eigenvalue weighted by atomic mass is 35.5. The van der Waals surface area contributed by atoms with Crippen molar-refractivity contribution in [1.82, 2.24) is 4.98 Å². The van der Waals surface area contributed by atoms with Crippen molar-refractivity contribution in [3.63, 3.8) is 0 Å². The lowest BCUT2D eigenvalue weighted by molar-refractivity contribution is 0.155. The van der Waals surface area contributed by atoms with Crippen molar-refractivity contribution in [2.75, 3.05) is 5.32 Å².